The molecule has 0 aromatic heterocycles. The van der Waals surface area contributed by atoms with Crippen LogP contribution in [0.1, 0.15) is 83.1 Å². The Kier molecular flexibility index (Phi) is 10.3. The molecule has 6 nitrogen and oxygen atoms in total. The van der Waals surface area contributed by atoms with Crippen molar-refractivity contribution in [2.24, 2.45) is 0 Å². The van der Waals surface area contributed by atoms with E-state index in [0.717, 1.165) is 0 Å². The third-order valence-electron chi connectivity index (χ3n) is 1.58. The summed E-state index contributed by atoms with van der Waals surface area (Å²) in [4.78, 5) is 0. The molecule has 0 aromatic rings. The fourth-order valence-corrected chi connectivity index (χ4v) is 4.44. The lowest BCUT2D eigenvalue weighted by molar-refractivity contribution is 0.0518. The van der Waals surface area contributed by atoms with E-state index >= 15 is 0 Å². The maximum atomic E-state index is 11.8. The third-order valence-corrected chi connectivity index (χ3v) is 4.73. The molecule has 0 aliphatic carbocycles. The fraction of sp³-hybridized carbons (Fsp3) is 1.00. The number of hydrogen-bond donors (Lipinski definition) is 0. The molecule has 0 amide bonds. The zero-order valence-corrected chi connectivity index (χ0v) is 20.1. The maximum absolute atomic E-state index is 11.8. The first-order valence-electron chi connectivity index (χ1n) is 8.36. The Labute approximate surface area is 155 Å². The number of hydrogen-bond acceptors (Lipinski definition) is 6. The van der Waals surface area contributed by atoms with Gasteiger partial charge < -0.3 is 9.05 Å². The van der Waals surface area contributed by atoms with Gasteiger partial charge >= 0.3 is 15.9 Å². The van der Waals surface area contributed by atoms with E-state index < -0.39 is 38.3 Å². The highest BCUT2D eigenvalue weighted by atomic mass is 31.2. The average molecular weight is 401 g/mol. The van der Waals surface area contributed by atoms with Crippen molar-refractivity contribution in [3.63, 3.8) is 0 Å². The summed E-state index contributed by atoms with van der Waals surface area (Å²) in [5.41, 5.74) is -1.71. The van der Waals surface area contributed by atoms with Gasteiger partial charge in [-0.1, -0.05) is 0 Å². The minimum absolute atomic E-state index is 0.418. The van der Waals surface area contributed by atoms with Gasteiger partial charge in [0.2, 0.25) is 0 Å². The SMILES string of the molecule is CC(C)(C)OP(C)(=O)OC(C)(C)C.CC(C)(C)O[P+](=O)OC(C)(C)C. The van der Waals surface area contributed by atoms with Crippen molar-refractivity contribution in [1.29, 1.82) is 0 Å². The standard InChI is InChI=1S/C9H21O3P.C8H18O3P/c1-8(2,3)11-13(7,10)12-9(4,5)6;1-7(2,3)10-12(9)11-8(4,5)6/h1-7H3;1-6H3/q;+1. The molecule has 8 heteroatoms. The molecule has 25 heavy (non-hydrogen) atoms. The first kappa shape index (κ1) is 27.4. The summed E-state index contributed by atoms with van der Waals surface area (Å²) in [7, 11) is -4.94. The molecule has 0 aliphatic rings. The van der Waals surface area contributed by atoms with Crippen LogP contribution in [0.15, 0.2) is 0 Å². The second-order valence-corrected chi connectivity index (χ2v) is 12.5. The Morgan fingerprint density at radius 3 is 1.00 bits per heavy atom. The smallest absolute Gasteiger partial charge is 0.303 e. The van der Waals surface area contributed by atoms with Crippen LogP contribution in [-0.2, 0) is 27.2 Å². The van der Waals surface area contributed by atoms with Crippen LogP contribution in [0.5, 0.6) is 0 Å². The van der Waals surface area contributed by atoms with Gasteiger partial charge in [0.1, 0.15) is 11.2 Å². The second-order valence-electron chi connectivity index (χ2n) is 9.81. The largest absolute Gasteiger partial charge is 0.698 e. The van der Waals surface area contributed by atoms with Crippen molar-refractivity contribution in [2.75, 3.05) is 6.66 Å². The zero-order valence-electron chi connectivity index (χ0n) is 18.3. The number of rotatable bonds is 4. The van der Waals surface area contributed by atoms with Crippen molar-refractivity contribution in [3.8, 4) is 0 Å². The van der Waals surface area contributed by atoms with Gasteiger partial charge in [-0.3, -0.25) is 4.57 Å². The molecule has 0 atom stereocenters. The van der Waals surface area contributed by atoms with E-state index in [1.807, 2.05) is 83.1 Å². The summed E-state index contributed by atoms with van der Waals surface area (Å²) in [6.07, 6.45) is 0. The Hall–Kier alpha value is 0.170. The van der Waals surface area contributed by atoms with Crippen LogP contribution < -0.4 is 0 Å². The van der Waals surface area contributed by atoms with Crippen molar-refractivity contribution >= 4 is 15.9 Å². The lowest BCUT2D eigenvalue weighted by Gasteiger charge is -2.29. The van der Waals surface area contributed by atoms with Crippen molar-refractivity contribution < 1.29 is 27.2 Å². The van der Waals surface area contributed by atoms with E-state index in [-0.39, 0.29) is 0 Å². The third kappa shape index (κ3) is 24.2. The van der Waals surface area contributed by atoms with E-state index in [2.05, 4.69) is 0 Å². The molecule has 0 saturated heterocycles. The van der Waals surface area contributed by atoms with E-state index in [1.54, 1.807) is 0 Å². The zero-order chi connectivity index (χ0) is 20.9. The van der Waals surface area contributed by atoms with E-state index in [1.165, 1.54) is 6.66 Å². The maximum Gasteiger partial charge on any atom is 0.698 e. The molecule has 0 radical (unpaired) electrons. The molecule has 152 valence electrons. The summed E-state index contributed by atoms with van der Waals surface area (Å²) in [6, 6.07) is 0. The highest BCUT2D eigenvalue weighted by Crippen LogP contribution is 2.50. The predicted octanol–water partition coefficient (Wildman–Crippen LogP) is 6.71. The fourth-order valence-electron chi connectivity index (χ4n) is 1.48. The molecule has 0 fully saturated rings. The van der Waals surface area contributed by atoms with Crippen molar-refractivity contribution in [3.05, 3.63) is 0 Å². The van der Waals surface area contributed by atoms with Crippen LogP contribution in [0.3, 0.4) is 0 Å². The minimum Gasteiger partial charge on any atom is -0.303 e. The highest BCUT2D eigenvalue weighted by molar-refractivity contribution is 7.53. The van der Waals surface area contributed by atoms with E-state index in [9.17, 15) is 9.13 Å². The van der Waals surface area contributed by atoms with Crippen LogP contribution in [0.25, 0.3) is 0 Å². The van der Waals surface area contributed by atoms with Crippen LogP contribution >= 0.6 is 15.9 Å². The van der Waals surface area contributed by atoms with Gasteiger partial charge in [-0.15, -0.1) is 9.05 Å². The van der Waals surface area contributed by atoms with Crippen LogP contribution in [0, 0.1) is 0 Å². The molecule has 0 spiro atoms. The summed E-state index contributed by atoms with van der Waals surface area (Å²) in [6.45, 7) is 23.7. The minimum atomic E-state index is -2.94. The van der Waals surface area contributed by atoms with Crippen LogP contribution in [0.2, 0.25) is 0 Å². The second kappa shape index (κ2) is 9.39. The summed E-state index contributed by atoms with van der Waals surface area (Å²) < 4.78 is 43.8. The quantitative estimate of drug-likeness (QED) is 0.487. The summed E-state index contributed by atoms with van der Waals surface area (Å²) >= 11 is 0. The van der Waals surface area contributed by atoms with Crippen LogP contribution in [0.4, 0.5) is 0 Å². The van der Waals surface area contributed by atoms with Gasteiger partial charge in [0.25, 0.3) is 0 Å². The monoisotopic (exact) mass is 401 g/mol. The Balaban J connectivity index is 0. The van der Waals surface area contributed by atoms with Gasteiger partial charge in [-0.05, 0) is 83.1 Å². The summed E-state index contributed by atoms with van der Waals surface area (Å²) in [5.74, 6) is 0. The van der Waals surface area contributed by atoms with Gasteiger partial charge in [0.15, 0.2) is 0 Å². The van der Waals surface area contributed by atoms with Gasteiger partial charge in [-0.25, -0.2) is 0 Å². The molecular weight excluding hydrogens is 362 g/mol. The molecule has 0 N–H and O–H groups in total. The lowest BCUT2D eigenvalue weighted by Crippen LogP contribution is -2.23. The summed E-state index contributed by atoms with van der Waals surface area (Å²) in [5, 5.41) is 0. The Bertz CT molecular complexity index is 423. The predicted molar refractivity (Wildman–Crippen MR) is 104 cm³/mol. The average Bonchev–Trinajstić information content (AvgIpc) is 1.99. The topological polar surface area (TPSA) is 71.1 Å². The van der Waals surface area contributed by atoms with Crippen LogP contribution in [-0.4, -0.2) is 29.1 Å². The lowest BCUT2D eigenvalue weighted by atomic mass is 10.2. The van der Waals surface area contributed by atoms with E-state index in [0.29, 0.717) is 0 Å². The first-order valence-corrected chi connectivity index (χ1v) is 11.4. The normalized spacial score (nSPS) is 14.0. The first-order chi connectivity index (χ1) is 10.5. The molecule has 0 aliphatic heterocycles. The molecule has 0 saturated carbocycles. The molecule has 0 aromatic carbocycles. The molecule has 0 rings (SSSR count). The molecule has 0 heterocycles. The highest BCUT2D eigenvalue weighted by Gasteiger charge is 2.35. The molecular formula is C17H39O6P2+. The van der Waals surface area contributed by atoms with Gasteiger partial charge in [-0.2, -0.15) is 0 Å². The van der Waals surface area contributed by atoms with Gasteiger partial charge in [0.05, 0.1) is 11.2 Å². The Morgan fingerprint density at radius 1 is 0.600 bits per heavy atom. The molecule has 0 unspecified atom stereocenters. The van der Waals surface area contributed by atoms with Crippen molar-refractivity contribution in [2.45, 2.75) is 105 Å². The Morgan fingerprint density at radius 2 is 0.840 bits per heavy atom. The van der Waals surface area contributed by atoms with Crippen molar-refractivity contribution in [1.82, 2.24) is 0 Å². The van der Waals surface area contributed by atoms with E-state index in [4.69, 9.17) is 18.1 Å². The molecule has 0 bridgehead atoms. The van der Waals surface area contributed by atoms with Gasteiger partial charge in [0, 0.05) is 11.2 Å².